The van der Waals surface area contributed by atoms with E-state index in [0.717, 1.165) is 19.4 Å². The molecule has 1 amide bonds. The number of hydrogen-bond donors (Lipinski definition) is 2. The maximum Gasteiger partial charge on any atom is 0.225 e. The fraction of sp³-hybridized carbons (Fsp3) is 0.462. The number of benzene rings is 1. The highest BCUT2D eigenvalue weighted by Gasteiger charge is 2.07. The minimum atomic E-state index is -0.0665. The Morgan fingerprint density at radius 3 is 2.78 bits per heavy atom. The quantitative estimate of drug-likeness (QED) is 0.751. The van der Waals surface area contributed by atoms with Gasteiger partial charge in [-0.15, -0.1) is 0 Å². The monoisotopic (exact) mass is 288 g/mol. The molecule has 0 aliphatic rings. The Kier molecular flexibility index (Phi) is 7.09. The van der Waals surface area contributed by atoms with E-state index < -0.39 is 0 Å². The summed E-state index contributed by atoms with van der Waals surface area (Å²) in [5.74, 6) is -0.0665. The number of carbonyl (C=O) groups excluding carboxylic acids is 1. The van der Waals surface area contributed by atoms with Crippen LogP contribution in [0.4, 0.5) is 5.69 Å². The van der Waals surface area contributed by atoms with Gasteiger partial charge in [-0.1, -0.05) is 42.6 Å². The summed E-state index contributed by atoms with van der Waals surface area (Å²) in [6.07, 6.45) is 2.70. The minimum Gasteiger partial charge on any atom is -0.325 e. The van der Waals surface area contributed by atoms with Crippen LogP contribution in [0.3, 0.4) is 0 Å². The Morgan fingerprint density at radius 2 is 2.06 bits per heavy atom. The van der Waals surface area contributed by atoms with Crippen LogP contribution in [-0.2, 0) is 4.79 Å². The number of hydrogen-bond acceptors (Lipinski definition) is 2. The van der Waals surface area contributed by atoms with Crippen molar-refractivity contribution in [2.24, 2.45) is 0 Å². The molecule has 0 saturated heterocycles. The Bertz CT molecular complexity index is 397. The second-order valence-corrected chi connectivity index (χ2v) is 4.79. The number of anilines is 1. The van der Waals surface area contributed by atoms with Gasteiger partial charge in [-0.2, -0.15) is 0 Å². The smallest absolute Gasteiger partial charge is 0.225 e. The molecular weight excluding hydrogens is 271 g/mol. The topological polar surface area (TPSA) is 41.1 Å². The van der Waals surface area contributed by atoms with Gasteiger partial charge in [-0.25, -0.2) is 0 Å². The first-order valence-corrected chi connectivity index (χ1v) is 6.85. The van der Waals surface area contributed by atoms with E-state index in [-0.39, 0.29) is 5.91 Å². The van der Waals surface area contributed by atoms with E-state index in [0.29, 0.717) is 28.7 Å². The highest BCUT2D eigenvalue weighted by atomic mass is 35.5. The lowest BCUT2D eigenvalue weighted by Crippen LogP contribution is -2.22. The number of amides is 1. The second kappa shape index (κ2) is 8.35. The number of unbranched alkanes of at least 4 members (excludes halogenated alkanes) is 1. The molecule has 1 aromatic carbocycles. The van der Waals surface area contributed by atoms with E-state index in [1.807, 2.05) is 0 Å². The highest BCUT2D eigenvalue weighted by Crippen LogP contribution is 2.29. The molecule has 0 saturated carbocycles. The number of rotatable bonds is 7. The van der Waals surface area contributed by atoms with Gasteiger partial charge in [0, 0.05) is 13.0 Å². The second-order valence-electron chi connectivity index (χ2n) is 4.00. The fourth-order valence-electron chi connectivity index (χ4n) is 1.44. The molecule has 1 rings (SSSR count). The summed E-state index contributed by atoms with van der Waals surface area (Å²) >= 11 is 11.8. The van der Waals surface area contributed by atoms with Crippen molar-refractivity contribution in [3.05, 3.63) is 28.2 Å². The zero-order chi connectivity index (χ0) is 13.4. The standard InChI is InChI=1S/C13H18Cl2N2O/c1-2-3-8-16-9-7-12(18)17-11-6-4-5-10(14)13(11)15/h4-6,16H,2-3,7-9H2,1H3,(H,17,18). The van der Waals surface area contributed by atoms with Gasteiger partial charge >= 0.3 is 0 Å². The third-order valence-electron chi connectivity index (χ3n) is 2.46. The van der Waals surface area contributed by atoms with Crippen molar-refractivity contribution < 1.29 is 4.79 Å². The molecule has 0 heterocycles. The largest absolute Gasteiger partial charge is 0.325 e. The van der Waals surface area contributed by atoms with Crippen LogP contribution in [0.1, 0.15) is 26.2 Å². The van der Waals surface area contributed by atoms with Gasteiger partial charge in [0.15, 0.2) is 0 Å². The lowest BCUT2D eigenvalue weighted by atomic mass is 10.3. The fourth-order valence-corrected chi connectivity index (χ4v) is 1.79. The molecule has 0 bridgehead atoms. The molecule has 0 aromatic heterocycles. The van der Waals surface area contributed by atoms with Gasteiger partial charge in [0.25, 0.3) is 0 Å². The van der Waals surface area contributed by atoms with Crippen LogP contribution < -0.4 is 10.6 Å². The van der Waals surface area contributed by atoms with Crippen molar-refractivity contribution in [2.45, 2.75) is 26.2 Å². The molecule has 5 heteroatoms. The van der Waals surface area contributed by atoms with Crippen molar-refractivity contribution in [2.75, 3.05) is 18.4 Å². The summed E-state index contributed by atoms with van der Waals surface area (Å²) in [4.78, 5) is 11.7. The first-order chi connectivity index (χ1) is 8.65. The van der Waals surface area contributed by atoms with Crippen molar-refractivity contribution in [1.29, 1.82) is 0 Å². The maximum atomic E-state index is 11.7. The van der Waals surface area contributed by atoms with Crippen molar-refractivity contribution in [3.63, 3.8) is 0 Å². The Labute approximate surface area is 118 Å². The first kappa shape index (κ1) is 15.3. The highest BCUT2D eigenvalue weighted by molar-refractivity contribution is 6.43. The minimum absolute atomic E-state index is 0.0665. The van der Waals surface area contributed by atoms with Gasteiger partial charge in [-0.3, -0.25) is 4.79 Å². The molecule has 0 aliphatic heterocycles. The summed E-state index contributed by atoms with van der Waals surface area (Å²) in [5.41, 5.74) is 0.558. The normalized spacial score (nSPS) is 10.4. The van der Waals surface area contributed by atoms with Gasteiger partial charge < -0.3 is 10.6 Å². The SMILES string of the molecule is CCCCNCCC(=O)Nc1cccc(Cl)c1Cl. The average Bonchev–Trinajstić information content (AvgIpc) is 2.35. The third-order valence-corrected chi connectivity index (χ3v) is 3.28. The average molecular weight is 289 g/mol. The van der Waals surface area contributed by atoms with Crippen LogP contribution in [-0.4, -0.2) is 19.0 Å². The van der Waals surface area contributed by atoms with E-state index in [9.17, 15) is 4.79 Å². The molecule has 18 heavy (non-hydrogen) atoms. The van der Waals surface area contributed by atoms with Crippen LogP contribution in [0.2, 0.25) is 10.0 Å². The first-order valence-electron chi connectivity index (χ1n) is 6.09. The number of halogens is 2. The zero-order valence-electron chi connectivity index (χ0n) is 10.4. The Morgan fingerprint density at radius 1 is 1.28 bits per heavy atom. The molecule has 1 aromatic rings. The summed E-state index contributed by atoms with van der Waals surface area (Å²) in [7, 11) is 0. The van der Waals surface area contributed by atoms with Crippen LogP contribution >= 0.6 is 23.2 Å². The zero-order valence-corrected chi connectivity index (χ0v) is 11.9. The lowest BCUT2D eigenvalue weighted by molar-refractivity contribution is -0.116. The van der Waals surface area contributed by atoms with E-state index in [2.05, 4.69) is 17.6 Å². The van der Waals surface area contributed by atoms with Crippen LogP contribution in [0.15, 0.2) is 18.2 Å². The van der Waals surface area contributed by atoms with Gasteiger partial charge in [0.05, 0.1) is 15.7 Å². The Hall–Kier alpha value is -0.770. The number of carbonyl (C=O) groups is 1. The molecule has 0 atom stereocenters. The predicted octanol–water partition coefficient (Wildman–Crippen LogP) is 3.71. The molecule has 0 radical (unpaired) electrons. The molecule has 0 aliphatic carbocycles. The van der Waals surface area contributed by atoms with Gasteiger partial charge in [0.2, 0.25) is 5.91 Å². The van der Waals surface area contributed by atoms with Crippen molar-refractivity contribution in [1.82, 2.24) is 5.32 Å². The van der Waals surface area contributed by atoms with Gasteiger partial charge in [-0.05, 0) is 25.1 Å². The summed E-state index contributed by atoms with van der Waals surface area (Å²) in [5, 5.41) is 6.78. The molecule has 0 unspecified atom stereocenters. The van der Waals surface area contributed by atoms with Crippen LogP contribution in [0.25, 0.3) is 0 Å². The molecule has 100 valence electrons. The van der Waals surface area contributed by atoms with E-state index in [1.165, 1.54) is 0 Å². The molecule has 2 N–H and O–H groups in total. The summed E-state index contributed by atoms with van der Waals surface area (Å²) < 4.78 is 0. The Balaban J connectivity index is 2.34. The van der Waals surface area contributed by atoms with E-state index in [4.69, 9.17) is 23.2 Å². The van der Waals surface area contributed by atoms with Crippen LogP contribution in [0.5, 0.6) is 0 Å². The van der Waals surface area contributed by atoms with Gasteiger partial charge in [0.1, 0.15) is 0 Å². The molecule has 0 spiro atoms. The van der Waals surface area contributed by atoms with Crippen LogP contribution in [0, 0.1) is 0 Å². The molecule has 3 nitrogen and oxygen atoms in total. The van der Waals surface area contributed by atoms with E-state index >= 15 is 0 Å². The van der Waals surface area contributed by atoms with Crippen molar-refractivity contribution >= 4 is 34.8 Å². The van der Waals surface area contributed by atoms with E-state index in [1.54, 1.807) is 18.2 Å². The maximum absolute atomic E-state index is 11.7. The number of nitrogens with one attached hydrogen (secondary N) is 2. The predicted molar refractivity (Wildman–Crippen MR) is 77.5 cm³/mol. The van der Waals surface area contributed by atoms with Crippen molar-refractivity contribution in [3.8, 4) is 0 Å². The molecule has 0 fully saturated rings. The summed E-state index contributed by atoms with van der Waals surface area (Å²) in [6.45, 7) is 3.75. The third kappa shape index (κ3) is 5.25. The molecular formula is C13H18Cl2N2O. The summed E-state index contributed by atoms with van der Waals surface area (Å²) in [6, 6.07) is 5.17. The lowest BCUT2D eigenvalue weighted by Gasteiger charge is -2.08.